The average molecular weight is 485 g/mol. The zero-order valence-corrected chi connectivity index (χ0v) is 20.8. The summed E-state index contributed by atoms with van der Waals surface area (Å²) in [6.45, 7) is 5.58. The number of anilines is 1. The standard InChI is InChI=1S/C24H29N5O2S2/c1-16-7-6-10-28-20(16)25-21(27-13-11-26(2)12-14-27)18(22(28)30)15-19-23(31)29(24(32)33-19)17-8-4-3-5-9-17/h6-7,10,15,17H,3-5,8-9,11-14H2,1-2H3/p+1. The molecule has 2 aliphatic heterocycles. The molecule has 33 heavy (non-hydrogen) atoms. The Kier molecular flexibility index (Phi) is 6.28. The van der Waals surface area contributed by atoms with Crippen LogP contribution >= 0.6 is 24.0 Å². The number of hydrogen-bond acceptors (Lipinski definition) is 6. The molecule has 1 saturated carbocycles. The van der Waals surface area contributed by atoms with Gasteiger partial charge in [0.25, 0.3) is 11.5 Å². The van der Waals surface area contributed by atoms with E-state index >= 15 is 0 Å². The van der Waals surface area contributed by atoms with Crippen LogP contribution in [-0.4, -0.2) is 63.8 Å². The summed E-state index contributed by atoms with van der Waals surface area (Å²) in [6.07, 6.45) is 8.96. The Morgan fingerprint density at radius 2 is 1.91 bits per heavy atom. The van der Waals surface area contributed by atoms with Gasteiger partial charge < -0.3 is 9.80 Å². The molecule has 1 aliphatic carbocycles. The number of rotatable bonds is 3. The first-order valence-electron chi connectivity index (χ1n) is 11.8. The zero-order chi connectivity index (χ0) is 23.1. The van der Waals surface area contributed by atoms with E-state index in [1.165, 1.54) is 23.1 Å². The number of carbonyl (C=O) groups excluding carboxylic acids is 1. The van der Waals surface area contributed by atoms with Crippen molar-refractivity contribution < 1.29 is 9.69 Å². The van der Waals surface area contributed by atoms with Crippen molar-refractivity contribution >= 4 is 51.7 Å². The number of thiocarbonyl (C=S) groups is 1. The lowest BCUT2D eigenvalue weighted by Gasteiger charge is -2.32. The van der Waals surface area contributed by atoms with Crippen LogP contribution in [0.1, 0.15) is 43.2 Å². The second-order valence-corrected chi connectivity index (χ2v) is 11.0. The SMILES string of the molecule is Cc1cccn2c(=O)c(C=C3SC(=S)N(C4CCCCC4)C3=O)c(N3CC[NH+](C)CC3)nc12. The molecule has 7 nitrogen and oxygen atoms in total. The summed E-state index contributed by atoms with van der Waals surface area (Å²) in [5.74, 6) is 0.601. The largest absolute Gasteiger partial charge is 0.345 e. The summed E-state index contributed by atoms with van der Waals surface area (Å²) in [5, 5.41) is 0. The molecule has 2 aromatic heterocycles. The number of nitrogens with zero attached hydrogens (tertiary/aromatic N) is 4. The normalized spacial score (nSPS) is 22.2. The minimum atomic E-state index is -0.145. The first-order chi connectivity index (χ1) is 15.9. The molecule has 1 amide bonds. The number of nitrogens with one attached hydrogen (secondary N) is 1. The summed E-state index contributed by atoms with van der Waals surface area (Å²) < 4.78 is 2.20. The highest BCUT2D eigenvalue weighted by Gasteiger charge is 2.38. The van der Waals surface area contributed by atoms with Gasteiger partial charge in [-0.3, -0.25) is 18.9 Å². The molecule has 3 fully saturated rings. The van der Waals surface area contributed by atoms with Crippen LogP contribution in [0.4, 0.5) is 5.82 Å². The quantitative estimate of drug-likeness (QED) is 0.530. The number of hydrogen-bond donors (Lipinski definition) is 1. The Hall–Kier alpha value is -2.23. The number of carbonyl (C=O) groups is 1. The number of thioether (sulfide) groups is 1. The van der Waals surface area contributed by atoms with Crippen LogP contribution in [0.15, 0.2) is 28.0 Å². The van der Waals surface area contributed by atoms with E-state index in [1.54, 1.807) is 21.6 Å². The van der Waals surface area contributed by atoms with Crippen LogP contribution in [0.5, 0.6) is 0 Å². The van der Waals surface area contributed by atoms with E-state index in [0.29, 0.717) is 26.3 Å². The van der Waals surface area contributed by atoms with Crippen molar-refractivity contribution in [3.05, 3.63) is 44.7 Å². The van der Waals surface area contributed by atoms with Gasteiger partial charge in [0.1, 0.15) is 15.8 Å². The van der Waals surface area contributed by atoms with Crippen LogP contribution in [-0.2, 0) is 4.79 Å². The molecule has 0 unspecified atom stereocenters. The highest BCUT2D eigenvalue weighted by molar-refractivity contribution is 8.26. The van der Waals surface area contributed by atoms with E-state index in [1.807, 2.05) is 19.1 Å². The topological polar surface area (TPSA) is 62.4 Å². The molecule has 0 spiro atoms. The third kappa shape index (κ3) is 4.22. The third-order valence-corrected chi connectivity index (χ3v) is 8.35. The molecule has 0 atom stereocenters. The average Bonchev–Trinajstić information content (AvgIpc) is 3.10. The van der Waals surface area contributed by atoms with E-state index in [0.717, 1.165) is 57.4 Å². The van der Waals surface area contributed by atoms with Gasteiger partial charge in [0.15, 0.2) is 0 Å². The number of aromatic nitrogens is 2. The van der Waals surface area contributed by atoms with Gasteiger partial charge in [-0.1, -0.05) is 49.3 Å². The summed E-state index contributed by atoms with van der Waals surface area (Å²) in [5.41, 5.74) is 1.94. The van der Waals surface area contributed by atoms with E-state index in [-0.39, 0.29) is 17.5 Å². The van der Waals surface area contributed by atoms with E-state index in [4.69, 9.17) is 17.2 Å². The fraction of sp³-hybridized carbons (Fsp3) is 0.500. The highest BCUT2D eigenvalue weighted by Crippen LogP contribution is 2.37. The molecule has 174 valence electrons. The maximum Gasteiger partial charge on any atom is 0.267 e. The summed E-state index contributed by atoms with van der Waals surface area (Å²) in [4.78, 5) is 38.0. The molecular weight excluding hydrogens is 454 g/mol. The van der Waals surface area contributed by atoms with Gasteiger partial charge in [0.05, 0.1) is 43.7 Å². The Morgan fingerprint density at radius 1 is 1.18 bits per heavy atom. The van der Waals surface area contributed by atoms with Gasteiger partial charge in [0.2, 0.25) is 0 Å². The van der Waals surface area contributed by atoms with Gasteiger partial charge in [0, 0.05) is 12.2 Å². The fourth-order valence-electron chi connectivity index (χ4n) is 5.03. The minimum absolute atomic E-state index is 0.0700. The number of piperazine rings is 1. The maximum absolute atomic E-state index is 13.6. The molecule has 4 heterocycles. The lowest BCUT2D eigenvalue weighted by molar-refractivity contribution is -0.880. The lowest BCUT2D eigenvalue weighted by Crippen LogP contribution is -3.12. The number of pyridine rings is 1. The summed E-state index contributed by atoms with van der Waals surface area (Å²) >= 11 is 6.92. The number of amides is 1. The molecule has 2 saturated heterocycles. The Labute approximate surface area is 203 Å². The molecule has 2 aromatic rings. The van der Waals surface area contributed by atoms with Crippen molar-refractivity contribution in [2.45, 2.75) is 45.1 Å². The summed E-state index contributed by atoms with van der Waals surface area (Å²) in [6, 6.07) is 4.00. The Balaban J connectivity index is 1.59. The monoisotopic (exact) mass is 484 g/mol. The van der Waals surface area contributed by atoms with Crippen molar-refractivity contribution in [3.63, 3.8) is 0 Å². The van der Waals surface area contributed by atoms with Crippen LogP contribution in [0.25, 0.3) is 11.7 Å². The van der Waals surface area contributed by atoms with Crippen molar-refractivity contribution in [2.24, 2.45) is 0 Å². The number of likely N-dealkylation sites (N-methyl/N-ethyl adjacent to an activating group) is 1. The molecule has 3 aliphatic rings. The summed E-state index contributed by atoms with van der Waals surface area (Å²) in [7, 11) is 2.18. The Bertz CT molecular complexity index is 1190. The predicted octanol–water partition coefficient (Wildman–Crippen LogP) is 1.87. The Morgan fingerprint density at radius 3 is 2.64 bits per heavy atom. The molecular formula is C24H30N5O2S2+. The third-order valence-electron chi connectivity index (χ3n) is 7.02. The number of quaternary nitrogens is 1. The smallest absolute Gasteiger partial charge is 0.267 e. The van der Waals surface area contributed by atoms with Crippen molar-refractivity contribution in [1.82, 2.24) is 14.3 Å². The van der Waals surface area contributed by atoms with E-state index < -0.39 is 0 Å². The minimum Gasteiger partial charge on any atom is -0.345 e. The molecule has 0 bridgehead atoms. The molecule has 0 aromatic carbocycles. The molecule has 1 N–H and O–H groups in total. The second-order valence-electron chi connectivity index (χ2n) is 9.33. The van der Waals surface area contributed by atoms with Gasteiger partial charge in [-0.2, -0.15) is 0 Å². The number of aryl methyl sites for hydroxylation is 1. The number of fused-ring (bicyclic) bond motifs is 1. The molecule has 9 heteroatoms. The van der Waals surface area contributed by atoms with E-state index in [9.17, 15) is 9.59 Å². The second kappa shape index (κ2) is 9.19. The zero-order valence-electron chi connectivity index (χ0n) is 19.2. The van der Waals surface area contributed by atoms with E-state index in [2.05, 4.69) is 11.9 Å². The van der Waals surface area contributed by atoms with Crippen molar-refractivity contribution in [3.8, 4) is 0 Å². The van der Waals surface area contributed by atoms with Crippen LogP contribution in [0.3, 0.4) is 0 Å². The maximum atomic E-state index is 13.6. The van der Waals surface area contributed by atoms with Crippen molar-refractivity contribution in [1.29, 1.82) is 0 Å². The fourth-order valence-corrected chi connectivity index (χ4v) is 6.42. The van der Waals surface area contributed by atoms with Crippen LogP contribution < -0.4 is 15.4 Å². The van der Waals surface area contributed by atoms with Gasteiger partial charge in [-0.25, -0.2) is 4.98 Å². The molecule has 5 rings (SSSR count). The first kappa shape index (κ1) is 22.6. The predicted molar refractivity (Wildman–Crippen MR) is 137 cm³/mol. The lowest BCUT2D eigenvalue weighted by atomic mass is 9.94. The van der Waals surface area contributed by atoms with Gasteiger partial charge in [-0.15, -0.1) is 0 Å². The molecule has 0 radical (unpaired) electrons. The highest BCUT2D eigenvalue weighted by atomic mass is 32.2. The van der Waals surface area contributed by atoms with Gasteiger partial charge >= 0.3 is 0 Å². The first-order valence-corrected chi connectivity index (χ1v) is 13.0. The van der Waals surface area contributed by atoms with Crippen molar-refractivity contribution in [2.75, 3.05) is 38.1 Å². The van der Waals surface area contributed by atoms with Crippen LogP contribution in [0, 0.1) is 6.92 Å². The van der Waals surface area contributed by atoms with Crippen LogP contribution in [0.2, 0.25) is 0 Å². The van der Waals surface area contributed by atoms with Gasteiger partial charge in [-0.05, 0) is 37.5 Å².